The number of aromatic nitrogens is 1. The number of hydrogen-bond acceptors (Lipinski definition) is 6. The van der Waals surface area contributed by atoms with Gasteiger partial charge in [-0.25, -0.2) is 9.59 Å². The zero-order valence-electron chi connectivity index (χ0n) is 19.8. The normalized spacial score (nSPS) is 17.2. The molecular weight excluding hydrogens is 544 g/mol. The summed E-state index contributed by atoms with van der Waals surface area (Å²) in [5, 5.41) is 18.7. The standard InChI is InChI=1S/C19H23N3OS.2C2HF3O2/c23-18(17-2-1-7-20-12-17)22-9-5-19(6-10-22)4-8-21(15-19)13-16-3-11-24-14-16;2*3-2(4,5)1(6)7/h1-3,7,11-12,14H,4-6,8-10,13,15H2;2*(H,6,7). The van der Waals surface area contributed by atoms with Crippen molar-refractivity contribution >= 4 is 29.2 Å². The molecule has 2 aromatic rings. The summed E-state index contributed by atoms with van der Waals surface area (Å²) in [4.78, 5) is 39.0. The van der Waals surface area contributed by atoms with Crippen LogP contribution in [0.1, 0.15) is 35.2 Å². The van der Waals surface area contributed by atoms with Crippen LogP contribution in [0.3, 0.4) is 0 Å². The summed E-state index contributed by atoms with van der Waals surface area (Å²) in [6.07, 6.45) is -3.27. The van der Waals surface area contributed by atoms with Crippen LogP contribution in [0.4, 0.5) is 26.3 Å². The number of rotatable bonds is 3. The van der Waals surface area contributed by atoms with Crippen molar-refractivity contribution < 1.29 is 50.9 Å². The summed E-state index contributed by atoms with van der Waals surface area (Å²) in [5.41, 5.74) is 2.56. The maximum Gasteiger partial charge on any atom is 0.490 e. The third-order valence-electron chi connectivity index (χ3n) is 6.01. The molecule has 0 saturated carbocycles. The Hall–Kier alpha value is -3.20. The van der Waals surface area contributed by atoms with Gasteiger partial charge in [0.15, 0.2) is 0 Å². The summed E-state index contributed by atoms with van der Waals surface area (Å²) in [6, 6.07) is 5.92. The van der Waals surface area contributed by atoms with Gasteiger partial charge in [0.25, 0.3) is 5.91 Å². The lowest BCUT2D eigenvalue weighted by Gasteiger charge is -2.39. The molecule has 1 amide bonds. The highest BCUT2D eigenvalue weighted by molar-refractivity contribution is 7.07. The number of thiophene rings is 1. The predicted octanol–water partition coefficient (Wildman–Crippen LogP) is 4.54. The second-order valence-corrected chi connectivity index (χ2v) is 9.51. The molecule has 1 spiro atoms. The first-order valence-corrected chi connectivity index (χ1v) is 12.1. The van der Waals surface area contributed by atoms with E-state index in [1.807, 2.05) is 17.0 Å². The second-order valence-electron chi connectivity index (χ2n) is 8.73. The molecule has 0 radical (unpaired) electrons. The van der Waals surface area contributed by atoms with Crippen LogP contribution in [-0.2, 0) is 16.1 Å². The Bertz CT molecular complexity index is 1030. The molecule has 2 aromatic heterocycles. The van der Waals surface area contributed by atoms with Crippen molar-refractivity contribution in [3.63, 3.8) is 0 Å². The molecule has 15 heteroatoms. The van der Waals surface area contributed by atoms with Crippen molar-refractivity contribution in [1.82, 2.24) is 14.8 Å². The number of aliphatic carboxylic acids is 2. The van der Waals surface area contributed by atoms with Gasteiger partial charge in [-0.15, -0.1) is 0 Å². The van der Waals surface area contributed by atoms with Gasteiger partial charge in [0, 0.05) is 38.6 Å². The molecular formula is C23H25F6N3O5S. The number of carbonyl (C=O) groups excluding carboxylic acids is 1. The van der Waals surface area contributed by atoms with Crippen LogP contribution < -0.4 is 0 Å². The van der Waals surface area contributed by atoms with Gasteiger partial charge in [-0.05, 0) is 65.7 Å². The van der Waals surface area contributed by atoms with Gasteiger partial charge in [-0.3, -0.25) is 14.7 Å². The third kappa shape index (κ3) is 9.59. The Morgan fingerprint density at radius 2 is 1.50 bits per heavy atom. The highest BCUT2D eigenvalue weighted by Crippen LogP contribution is 2.41. The number of carbonyl (C=O) groups is 3. The first-order valence-electron chi connectivity index (χ1n) is 11.2. The minimum Gasteiger partial charge on any atom is -0.475 e. The van der Waals surface area contributed by atoms with Crippen molar-refractivity contribution in [2.45, 2.75) is 38.2 Å². The first kappa shape index (κ1) is 31.0. The van der Waals surface area contributed by atoms with Crippen LogP contribution in [0.15, 0.2) is 41.4 Å². The average Bonchev–Trinajstić information content (AvgIpc) is 3.50. The van der Waals surface area contributed by atoms with E-state index in [1.165, 1.54) is 25.1 Å². The molecule has 38 heavy (non-hydrogen) atoms. The number of amides is 1. The van der Waals surface area contributed by atoms with Crippen LogP contribution >= 0.6 is 11.3 Å². The number of carboxylic acid groups (broad SMARTS) is 2. The minimum absolute atomic E-state index is 0.131. The third-order valence-corrected chi connectivity index (χ3v) is 6.74. The molecule has 2 aliphatic heterocycles. The van der Waals surface area contributed by atoms with Crippen molar-refractivity contribution in [3.05, 3.63) is 52.5 Å². The average molecular weight is 570 g/mol. The minimum atomic E-state index is -5.08. The number of hydrogen-bond donors (Lipinski definition) is 2. The number of carboxylic acids is 2. The number of alkyl halides is 6. The van der Waals surface area contributed by atoms with E-state index in [-0.39, 0.29) is 5.91 Å². The first-order chi connectivity index (χ1) is 17.6. The Balaban J connectivity index is 0.000000301. The van der Waals surface area contributed by atoms with E-state index in [2.05, 4.69) is 26.7 Å². The summed E-state index contributed by atoms with van der Waals surface area (Å²) in [6.45, 7) is 5.19. The van der Waals surface area contributed by atoms with Crippen LogP contribution in [0.2, 0.25) is 0 Å². The lowest BCUT2D eigenvalue weighted by molar-refractivity contribution is -0.193. The summed E-state index contributed by atoms with van der Waals surface area (Å²) in [5.74, 6) is -5.38. The Kier molecular flexibility index (Phi) is 10.6. The zero-order valence-corrected chi connectivity index (χ0v) is 20.7. The van der Waals surface area contributed by atoms with Crippen molar-refractivity contribution in [2.75, 3.05) is 26.2 Å². The van der Waals surface area contributed by atoms with Gasteiger partial charge in [-0.2, -0.15) is 37.7 Å². The Labute approximate surface area is 217 Å². The number of pyridine rings is 1. The van der Waals surface area contributed by atoms with Gasteiger partial charge in [-0.1, -0.05) is 0 Å². The molecule has 0 aromatic carbocycles. The largest absolute Gasteiger partial charge is 0.490 e. The molecule has 0 unspecified atom stereocenters. The zero-order chi connectivity index (χ0) is 28.6. The number of piperidine rings is 1. The fourth-order valence-corrected chi connectivity index (χ4v) is 4.73. The summed E-state index contributed by atoms with van der Waals surface area (Å²) in [7, 11) is 0. The topological polar surface area (TPSA) is 111 Å². The van der Waals surface area contributed by atoms with E-state index in [0.717, 1.165) is 32.5 Å². The number of nitrogens with zero attached hydrogens (tertiary/aromatic N) is 3. The molecule has 2 N–H and O–H groups in total. The van der Waals surface area contributed by atoms with E-state index < -0.39 is 24.3 Å². The molecule has 2 saturated heterocycles. The molecule has 0 atom stereocenters. The summed E-state index contributed by atoms with van der Waals surface area (Å²) >= 11 is 1.78. The molecule has 2 fully saturated rings. The highest BCUT2D eigenvalue weighted by Gasteiger charge is 2.41. The van der Waals surface area contributed by atoms with Gasteiger partial charge in [0.05, 0.1) is 5.56 Å². The van der Waals surface area contributed by atoms with Crippen molar-refractivity contribution in [2.24, 2.45) is 5.41 Å². The molecule has 210 valence electrons. The molecule has 2 aliphatic rings. The molecule has 8 nitrogen and oxygen atoms in total. The number of likely N-dealkylation sites (tertiary alicyclic amines) is 2. The molecule has 0 bridgehead atoms. The Morgan fingerprint density at radius 1 is 0.947 bits per heavy atom. The monoisotopic (exact) mass is 569 g/mol. The number of halogens is 6. The van der Waals surface area contributed by atoms with Crippen molar-refractivity contribution in [1.29, 1.82) is 0 Å². The second kappa shape index (κ2) is 13.0. The van der Waals surface area contributed by atoms with Crippen molar-refractivity contribution in [3.8, 4) is 0 Å². The van der Waals surface area contributed by atoms with Gasteiger partial charge in [0.2, 0.25) is 0 Å². The van der Waals surface area contributed by atoms with Gasteiger partial charge < -0.3 is 15.1 Å². The van der Waals surface area contributed by atoms with Crippen LogP contribution in [0.25, 0.3) is 0 Å². The Morgan fingerprint density at radius 3 is 1.95 bits per heavy atom. The molecule has 4 rings (SSSR count). The van der Waals surface area contributed by atoms with Gasteiger partial charge >= 0.3 is 24.3 Å². The van der Waals surface area contributed by atoms with E-state index in [1.54, 1.807) is 23.7 Å². The van der Waals surface area contributed by atoms with E-state index in [0.29, 0.717) is 11.0 Å². The van der Waals surface area contributed by atoms with Crippen LogP contribution in [-0.4, -0.2) is 81.4 Å². The van der Waals surface area contributed by atoms with Crippen LogP contribution in [0, 0.1) is 5.41 Å². The maximum absolute atomic E-state index is 12.6. The SMILES string of the molecule is O=C(O)C(F)(F)F.O=C(O)C(F)(F)F.O=C(c1cccnc1)N1CCC2(CCN(Cc3ccsc3)C2)CC1. The fraction of sp³-hybridized carbons (Fsp3) is 0.478. The van der Waals surface area contributed by atoms with E-state index >= 15 is 0 Å². The van der Waals surface area contributed by atoms with Gasteiger partial charge in [0.1, 0.15) is 0 Å². The summed E-state index contributed by atoms with van der Waals surface area (Å²) < 4.78 is 63.5. The smallest absolute Gasteiger partial charge is 0.475 e. The highest BCUT2D eigenvalue weighted by atomic mass is 32.1. The lowest BCUT2D eigenvalue weighted by Crippen LogP contribution is -2.44. The van der Waals surface area contributed by atoms with E-state index in [9.17, 15) is 31.1 Å². The van der Waals surface area contributed by atoms with Crippen LogP contribution in [0.5, 0.6) is 0 Å². The quantitative estimate of drug-likeness (QED) is 0.523. The lowest BCUT2D eigenvalue weighted by atomic mass is 9.77. The fourth-order valence-electron chi connectivity index (χ4n) is 4.07. The molecule has 0 aliphatic carbocycles. The molecule has 4 heterocycles. The van der Waals surface area contributed by atoms with E-state index in [4.69, 9.17) is 19.8 Å². The maximum atomic E-state index is 12.6. The predicted molar refractivity (Wildman–Crippen MR) is 123 cm³/mol.